The summed E-state index contributed by atoms with van der Waals surface area (Å²) in [6.07, 6.45) is 4.83. The van der Waals surface area contributed by atoms with Crippen LogP contribution < -0.4 is 20.3 Å². The van der Waals surface area contributed by atoms with Crippen LogP contribution in [0.5, 0.6) is 5.75 Å². The monoisotopic (exact) mass is 451 g/mol. The van der Waals surface area contributed by atoms with Crippen molar-refractivity contribution >= 4 is 17.3 Å². The van der Waals surface area contributed by atoms with Crippen molar-refractivity contribution in [2.45, 2.75) is 63.6 Å². The van der Waals surface area contributed by atoms with Gasteiger partial charge >= 0.3 is 0 Å². The van der Waals surface area contributed by atoms with Gasteiger partial charge in [-0.05, 0) is 81.5 Å². The normalized spacial score (nSPS) is 20.9. The van der Waals surface area contributed by atoms with Crippen molar-refractivity contribution in [3.05, 3.63) is 54.1 Å². The first kappa shape index (κ1) is 23.6. The quantitative estimate of drug-likeness (QED) is 0.654. The van der Waals surface area contributed by atoms with Crippen molar-refractivity contribution < 1.29 is 14.3 Å². The first-order chi connectivity index (χ1) is 15.9. The highest BCUT2D eigenvalue weighted by molar-refractivity contribution is 5.92. The van der Waals surface area contributed by atoms with E-state index in [1.165, 1.54) is 5.69 Å². The van der Waals surface area contributed by atoms with E-state index in [0.29, 0.717) is 18.5 Å². The number of hydrogen-bond donors (Lipinski definition) is 2. The van der Waals surface area contributed by atoms with Gasteiger partial charge in [0, 0.05) is 43.2 Å². The van der Waals surface area contributed by atoms with Crippen LogP contribution in [0.3, 0.4) is 0 Å². The molecule has 0 spiro atoms. The largest absolute Gasteiger partial charge is 0.497 e. The van der Waals surface area contributed by atoms with Gasteiger partial charge in [0.25, 0.3) is 0 Å². The van der Waals surface area contributed by atoms with Gasteiger partial charge in [0.2, 0.25) is 5.91 Å². The Labute approximate surface area is 197 Å². The fraction of sp³-hybridized carbons (Fsp3) is 0.519. The van der Waals surface area contributed by atoms with Crippen molar-refractivity contribution in [1.82, 2.24) is 5.32 Å². The second-order valence-corrected chi connectivity index (χ2v) is 9.85. The number of hydrogen-bond acceptors (Lipinski definition) is 5. The van der Waals surface area contributed by atoms with E-state index in [2.05, 4.69) is 41.5 Å². The summed E-state index contributed by atoms with van der Waals surface area (Å²) < 4.78 is 11.0. The van der Waals surface area contributed by atoms with Crippen LogP contribution in [0.1, 0.15) is 45.1 Å². The zero-order valence-corrected chi connectivity index (χ0v) is 20.1. The maximum atomic E-state index is 12.4. The van der Waals surface area contributed by atoms with Crippen molar-refractivity contribution in [3.63, 3.8) is 0 Å². The molecular formula is C27H37N3O3. The Morgan fingerprint density at radius 2 is 1.73 bits per heavy atom. The lowest BCUT2D eigenvalue weighted by Crippen LogP contribution is -2.50. The molecule has 2 heterocycles. The predicted molar refractivity (Wildman–Crippen MR) is 133 cm³/mol. The van der Waals surface area contributed by atoms with Gasteiger partial charge in [-0.15, -0.1) is 0 Å². The Balaban J connectivity index is 1.22. The van der Waals surface area contributed by atoms with Gasteiger partial charge in [-0.25, -0.2) is 0 Å². The zero-order valence-electron chi connectivity index (χ0n) is 20.1. The molecule has 33 heavy (non-hydrogen) atoms. The molecule has 2 aromatic carbocycles. The lowest BCUT2D eigenvalue weighted by atomic mass is 9.92. The fourth-order valence-electron chi connectivity index (χ4n) is 4.90. The molecule has 2 saturated heterocycles. The van der Waals surface area contributed by atoms with Gasteiger partial charge in [0.15, 0.2) is 0 Å². The van der Waals surface area contributed by atoms with Crippen LogP contribution in [0.4, 0.5) is 11.4 Å². The Kier molecular flexibility index (Phi) is 7.56. The summed E-state index contributed by atoms with van der Waals surface area (Å²) in [5, 5.41) is 6.88. The van der Waals surface area contributed by atoms with E-state index in [1.807, 2.05) is 36.4 Å². The SMILES string of the molecule is COc1ccc(CC(=O)Nc2ccc(N3CCC(N[C@H]4CCOC(C)(C)C4)CC3)cc2)cc1. The number of amides is 1. The molecule has 4 rings (SSSR count). The topological polar surface area (TPSA) is 62.8 Å². The number of methoxy groups -OCH3 is 1. The minimum Gasteiger partial charge on any atom is -0.497 e. The lowest BCUT2D eigenvalue weighted by molar-refractivity contribution is -0.115. The molecular weight excluding hydrogens is 414 g/mol. The van der Waals surface area contributed by atoms with Crippen molar-refractivity contribution in [2.75, 3.05) is 37.0 Å². The van der Waals surface area contributed by atoms with Gasteiger partial charge in [-0.3, -0.25) is 4.79 Å². The third kappa shape index (κ3) is 6.71. The van der Waals surface area contributed by atoms with Gasteiger partial charge in [-0.2, -0.15) is 0 Å². The van der Waals surface area contributed by atoms with E-state index in [1.54, 1.807) is 7.11 Å². The number of benzene rings is 2. The van der Waals surface area contributed by atoms with Gasteiger partial charge < -0.3 is 25.0 Å². The van der Waals surface area contributed by atoms with E-state index in [4.69, 9.17) is 9.47 Å². The number of ether oxygens (including phenoxy) is 2. The smallest absolute Gasteiger partial charge is 0.228 e. The Morgan fingerprint density at radius 3 is 2.36 bits per heavy atom. The highest BCUT2D eigenvalue weighted by Crippen LogP contribution is 2.26. The Bertz CT molecular complexity index is 903. The molecule has 0 radical (unpaired) electrons. The highest BCUT2D eigenvalue weighted by atomic mass is 16.5. The van der Waals surface area contributed by atoms with E-state index < -0.39 is 0 Å². The van der Waals surface area contributed by atoms with Crippen LogP contribution in [0, 0.1) is 0 Å². The number of anilines is 2. The Morgan fingerprint density at radius 1 is 1.03 bits per heavy atom. The molecule has 2 fully saturated rings. The van der Waals surface area contributed by atoms with Gasteiger partial charge in [0.05, 0.1) is 19.1 Å². The average Bonchev–Trinajstić information content (AvgIpc) is 2.80. The van der Waals surface area contributed by atoms with Crippen molar-refractivity contribution in [3.8, 4) is 5.75 Å². The van der Waals surface area contributed by atoms with E-state index in [0.717, 1.165) is 62.4 Å². The van der Waals surface area contributed by atoms with Gasteiger partial charge in [-0.1, -0.05) is 12.1 Å². The first-order valence-corrected chi connectivity index (χ1v) is 12.1. The molecule has 6 nitrogen and oxygen atoms in total. The van der Waals surface area contributed by atoms with Crippen LogP contribution in [0.2, 0.25) is 0 Å². The molecule has 2 aromatic rings. The number of nitrogens with zero attached hydrogens (tertiary/aromatic N) is 1. The summed E-state index contributed by atoms with van der Waals surface area (Å²) in [5.74, 6) is 0.776. The molecule has 6 heteroatoms. The summed E-state index contributed by atoms with van der Waals surface area (Å²) in [6, 6.07) is 16.9. The third-order valence-corrected chi connectivity index (χ3v) is 6.70. The fourth-order valence-corrected chi connectivity index (χ4v) is 4.90. The lowest BCUT2D eigenvalue weighted by Gasteiger charge is -2.40. The minimum absolute atomic E-state index is 0.0115. The van der Waals surface area contributed by atoms with Crippen LogP contribution in [-0.4, -0.2) is 50.4 Å². The molecule has 0 saturated carbocycles. The number of carbonyl (C=O) groups excluding carboxylic acids is 1. The predicted octanol–water partition coefficient (Wildman–Crippen LogP) is 4.39. The summed E-state index contributed by atoms with van der Waals surface area (Å²) in [4.78, 5) is 14.8. The van der Waals surface area contributed by atoms with E-state index in [-0.39, 0.29) is 11.5 Å². The molecule has 0 aliphatic carbocycles. The van der Waals surface area contributed by atoms with Crippen LogP contribution in [-0.2, 0) is 16.0 Å². The average molecular weight is 452 g/mol. The highest BCUT2D eigenvalue weighted by Gasteiger charge is 2.30. The maximum Gasteiger partial charge on any atom is 0.228 e. The van der Waals surface area contributed by atoms with E-state index >= 15 is 0 Å². The molecule has 0 bridgehead atoms. The summed E-state index contributed by atoms with van der Waals surface area (Å²) in [6.45, 7) is 7.33. The summed E-state index contributed by atoms with van der Waals surface area (Å²) >= 11 is 0. The molecule has 2 aliphatic rings. The second kappa shape index (κ2) is 10.6. The molecule has 178 valence electrons. The molecule has 1 amide bonds. The zero-order chi connectivity index (χ0) is 23.3. The van der Waals surface area contributed by atoms with Crippen LogP contribution in [0.15, 0.2) is 48.5 Å². The number of nitrogens with one attached hydrogen (secondary N) is 2. The number of carbonyl (C=O) groups is 1. The Hall–Kier alpha value is -2.57. The third-order valence-electron chi connectivity index (χ3n) is 6.70. The van der Waals surface area contributed by atoms with E-state index in [9.17, 15) is 4.79 Å². The van der Waals surface area contributed by atoms with Crippen LogP contribution in [0.25, 0.3) is 0 Å². The molecule has 2 aliphatic heterocycles. The van der Waals surface area contributed by atoms with Crippen molar-refractivity contribution in [2.24, 2.45) is 0 Å². The van der Waals surface area contributed by atoms with Crippen LogP contribution >= 0.6 is 0 Å². The molecule has 1 atom stereocenters. The van der Waals surface area contributed by atoms with Crippen molar-refractivity contribution in [1.29, 1.82) is 0 Å². The molecule has 0 unspecified atom stereocenters. The first-order valence-electron chi connectivity index (χ1n) is 12.1. The number of rotatable bonds is 7. The second-order valence-electron chi connectivity index (χ2n) is 9.85. The summed E-state index contributed by atoms with van der Waals surface area (Å²) in [5.41, 5.74) is 3.00. The standard InChI is InChI=1S/C27H37N3O3/c1-27(2)19-23(14-17-33-27)28-22-12-15-30(16-13-22)24-8-6-21(7-9-24)29-26(31)18-20-4-10-25(32-3)11-5-20/h4-11,22-23,28H,12-19H2,1-3H3,(H,29,31)/t23-/m0/s1. The molecule has 0 aromatic heterocycles. The number of piperidine rings is 1. The van der Waals surface area contributed by atoms with Gasteiger partial charge in [0.1, 0.15) is 5.75 Å². The maximum absolute atomic E-state index is 12.4. The summed E-state index contributed by atoms with van der Waals surface area (Å²) in [7, 11) is 1.64. The minimum atomic E-state index is -0.0175. The molecule has 2 N–H and O–H groups in total.